The Balaban J connectivity index is 1.29. The molecule has 3 aromatic carbocycles. The van der Waals surface area contributed by atoms with E-state index in [0.717, 1.165) is 57.6 Å². The van der Waals surface area contributed by atoms with Crippen LogP contribution in [0.5, 0.6) is 0 Å². The zero-order chi connectivity index (χ0) is 29.8. The van der Waals surface area contributed by atoms with Crippen LogP contribution in [0.4, 0.5) is 0 Å². The summed E-state index contributed by atoms with van der Waals surface area (Å²) in [6, 6.07) is 23.8. The predicted octanol–water partition coefficient (Wildman–Crippen LogP) is 10.1. The molecule has 6 aromatic rings. The molecule has 0 saturated carbocycles. The first-order valence-corrected chi connectivity index (χ1v) is 15.2. The summed E-state index contributed by atoms with van der Waals surface area (Å²) < 4.78 is 4.59. The molecule has 0 fully saturated rings. The molecule has 0 N–H and O–H groups in total. The number of hydrogen-bond acceptors (Lipinski definition) is 2. The molecule has 1 atom stereocenters. The Morgan fingerprint density at radius 1 is 0.773 bits per heavy atom. The van der Waals surface area contributed by atoms with Crippen molar-refractivity contribution in [3.8, 4) is 0 Å². The van der Waals surface area contributed by atoms with Crippen molar-refractivity contribution in [3.05, 3.63) is 145 Å². The van der Waals surface area contributed by atoms with E-state index in [1.54, 1.807) is 0 Å². The third kappa shape index (κ3) is 3.99. The van der Waals surface area contributed by atoms with Crippen molar-refractivity contribution in [2.45, 2.75) is 19.8 Å². The van der Waals surface area contributed by atoms with E-state index >= 15 is 0 Å². The highest BCUT2D eigenvalue weighted by atomic mass is 15.1. The molecule has 2 aliphatic rings. The number of allylic oxidation sites excluding steroid dienone is 10. The monoisotopic (exact) mass is 568 g/mol. The van der Waals surface area contributed by atoms with Crippen molar-refractivity contribution < 1.29 is 0 Å². The lowest BCUT2D eigenvalue weighted by Gasteiger charge is -2.25. The minimum absolute atomic E-state index is 0.302. The van der Waals surface area contributed by atoms with Gasteiger partial charge in [0.25, 0.3) is 0 Å². The molecule has 1 unspecified atom stereocenters. The van der Waals surface area contributed by atoms with Gasteiger partial charge in [-0.05, 0) is 77.4 Å². The largest absolute Gasteiger partial charge is 0.296 e. The number of hydrogen-bond donors (Lipinski definition) is 0. The summed E-state index contributed by atoms with van der Waals surface area (Å²) in [6.07, 6.45) is 20.8. The molecule has 8 rings (SSSR count). The fourth-order valence-electron chi connectivity index (χ4n) is 6.89. The Bertz CT molecular complexity index is 2330. The third-order valence-corrected chi connectivity index (χ3v) is 8.98. The molecule has 3 heterocycles. The summed E-state index contributed by atoms with van der Waals surface area (Å²) in [5, 5.41) is 3.52. The lowest BCUT2D eigenvalue weighted by atomic mass is 9.87. The fourth-order valence-corrected chi connectivity index (χ4v) is 6.89. The highest BCUT2D eigenvalue weighted by molar-refractivity contribution is 6.13. The maximum absolute atomic E-state index is 5.12. The number of rotatable bonds is 5. The number of nitrogens with zero attached hydrogens (tertiary/aromatic N) is 4. The predicted molar refractivity (Wildman–Crippen MR) is 187 cm³/mol. The van der Waals surface area contributed by atoms with Crippen LogP contribution in [0.25, 0.3) is 67.4 Å². The highest BCUT2D eigenvalue weighted by Gasteiger charge is 2.24. The van der Waals surface area contributed by atoms with Crippen LogP contribution >= 0.6 is 0 Å². The second-order valence-electron chi connectivity index (χ2n) is 11.6. The molecular formula is C40H32N4. The second kappa shape index (κ2) is 10.4. The maximum atomic E-state index is 5.12. The molecule has 4 heteroatoms. The molecule has 2 aliphatic carbocycles. The maximum Gasteiger partial charge on any atom is 0.146 e. The SMILES string of the molecule is C=Cc1nc2c3ccc(C4=CC=C(n5c(C6=CC=CC=CC6)nc6ccccc65)C(C)C4)cc3c3ccccc3n2c1C=C. The quantitative estimate of drug-likeness (QED) is 0.194. The van der Waals surface area contributed by atoms with Crippen molar-refractivity contribution in [1.82, 2.24) is 18.9 Å². The summed E-state index contributed by atoms with van der Waals surface area (Å²) in [6.45, 7) is 10.4. The van der Waals surface area contributed by atoms with E-state index < -0.39 is 0 Å². The lowest BCUT2D eigenvalue weighted by Crippen LogP contribution is -2.13. The van der Waals surface area contributed by atoms with Gasteiger partial charge in [0.1, 0.15) is 11.5 Å². The van der Waals surface area contributed by atoms with Gasteiger partial charge in [0, 0.05) is 22.4 Å². The number of para-hydroxylation sites is 3. The molecule has 3 aromatic heterocycles. The minimum atomic E-state index is 0.302. The number of imidazole rings is 2. The van der Waals surface area contributed by atoms with Gasteiger partial charge in [-0.15, -0.1) is 0 Å². The van der Waals surface area contributed by atoms with E-state index in [2.05, 4.69) is 138 Å². The van der Waals surface area contributed by atoms with Gasteiger partial charge in [-0.3, -0.25) is 8.97 Å². The molecule has 0 radical (unpaired) electrons. The Morgan fingerprint density at radius 3 is 2.45 bits per heavy atom. The van der Waals surface area contributed by atoms with Crippen LogP contribution in [0, 0.1) is 5.92 Å². The molecule has 44 heavy (non-hydrogen) atoms. The molecule has 212 valence electrons. The van der Waals surface area contributed by atoms with Gasteiger partial charge < -0.3 is 0 Å². The standard InChI is InChI=1S/C40H32N4/c1-4-33-35(5-2)43-37-18-12-10-16-30(37)32-25-29(20-22-31(32)40(43)41-33)28-21-23-36(26(3)24-28)44-38-19-13-11-17-34(38)42-39(44)27-14-8-6-7-9-15-27/h4-14,16-23,25-26H,1-2,15,24H2,3H3. The average molecular weight is 569 g/mol. The molecule has 0 aliphatic heterocycles. The van der Waals surface area contributed by atoms with Crippen molar-refractivity contribution in [3.63, 3.8) is 0 Å². The van der Waals surface area contributed by atoms with Crippen LogP contribution in [0.3, 0.4) is 0 Å². The third-order valence-electron chi connectivity index (χ3n) is 8.98. The van der Waals surface area contributed by atoms with E-state index in [4.69, 9.17) is 9.97 Å². The van der Waals surface area contributed by atoms with E-state index in [1.165, 1.54) is 33.2 Å². The lowest BCUT2D eigenvalue weighted by molar-refractivity contribution is 0.726. The van der Waals surface area contributed by atoms with Gasteiger partial charge in [0.15, 0.2) is 0 Å². The van der Waals surface area contributed by atoms with Crippen molar-refractivity contribution in [2.75, 3.05) is 0 Å². The normalized spacial score (nSPS) is 16.8. The Hall–Kier alpha value is -5.48. The van der Waals surface area contributed by atoms with Crippen molar-refractivity contribution in [1.29, 1.82) is 0 Å². The van der Waals surface area contributed by atoms with Gasteiger partial charge in [-0.2, -0.15) is 0 Å². The van der Waals surface area contributed by atoms with Gasteiger partial charge in [-0.1, -0.05) is 99.0 Å². The molecule has 4 nitrogen and oxygen atoms in total. The first-order chi connectivity index (χ1) is 21.7. The van der Waals surface area contributed by atoms with Gasteiger partial charge in [-0.25, -0.2) is 9.97 Å². The summed E-state index contributed by atoms with van der Waals surface area (Å²) in [5.41, 5.74) is 11.1. The van der Waals surface area contributed by atoms with Crippen LogP contribution in [-0.4, -0.2) is 18.9 Å². The molecule has 0 saturated heterocycles. The zero-order valence-electron chi connectivity index (χ0n) is 24.7. The van der Waals surface area contributed by atoms with Crippen LogP contribution in [-0.2, 0) is 0 Å². The van der Waals surface area contributed by atoms with Crippen molar-refractivity contribution >= 4 is 67.4 Å². The Labute approximate surface area is 256 Å². The van der Waals surface area contributed by atoms with E-state index in [-0.39, 0.29) is 0 Å². The Kier molecular flexibility index (Phi) is 6.16. The summed E-state index contributed by atoms with van der Waals surface area (Å²) in [5.74, 6) is 1.33. The first kappa shape index (κ1) is 26.2. The number of aromatic nitrogens is 4. The Morgan fingerprint density at radius 2 is 1.61 bits per heavy atom. The molecule has 0 spiro atoms. The summed E-state index contributed by atoms with van der Waals surface area (Å²) >= 11 is 0. The van der Waals surface area contributed by atoms with Crippen molar-refractivity contribution in [2.24, 2.45) is 5.92 Å². The molecule has 0 bridgehead atoms. The van der Waals surface area contributed by atoms with Crippen LogP contribution in [0.15, 0.2) is 122 Å². The smallest absolute Gasteiger partial charge is 0.146 e. The summed E-state index contributed by atoms with van der Waals surface area (Å²) in [4.78, 5) is 10.1. The zero-order valence-corrected chi connectivity index (χ0v) is 24.7. The van der Waals surface area contributed by atoms with Gasteiger partial charge in [0.2, 0.25) is 0 Å². The number of pyridine rings is 1. The molecular weight excluding hydrogens is 536 g/mol. The summed E-state index contributed by atoms with van der Waals surface area (Å²) in [7, 11) is 0. The first-order valence-electron chi connectivity index (χ1n) is 15.2. The van der Waals surface area contributed by atoms with Crippen LogP contribution in [0.1, 0.15) is 42.5 Å². The highest BCUT2D eigenvalue weighted by Crippen LogP contribution is 2.40. The number of benzene rings is 3. The van der Waals surface area contributed by atoms with E-state index in [9.17, 15) is 0 Å². The van der Waals surface area contributed by atoms with E-state index in [1.807, 2.05) is 12.2 Å². The van der Waals surface area contributed by atoms with Gasteiger partial charge >= 0.3 is 0 Å². The van der Waals surface area contributed by atoms with E-state index in [0.29, 0.717) is 5.92 Å². The second-order valence-corrected chi connectivity index (χ2v) is 11.6. The average Bonchev–Trinajstić information content (AvgIpc) is 3.52. The number of fused-ring (bicyclic) bond motifs is 7. The van der Waals surface area contributed by atoms with Crippen LogP contribution in [0.2, 0.25) is 0 Å². The van der Waals surface area contributed by atoms with Gasteiger partial charge in [0.05, 0.1) is 27.9 Å². The topological polar surface area (TPSA) is 35.1 Å². The minimum Gasteiger partial charge on any atom is -0.296 e. The van der Waals surface area contributed by atoms with Crippen LogP contribution < -0.4 is 0 Å². The fraction of sp³-hybridized carbons (Fsp3) is 0.100. The molecule has 0 amide bonds.